The van der Waals surface area contributed by atoms with E-state index in [1.54, 1.807) is 34.5 Å². The lowest BCUT2D eigenvalue weighted by Crippen LogP contribution is -2.47. The topological polar surface area (TPSA) is 115 Å². The third-order valence-electron chi connectivity index (χ3n) is 5.16. The van der Waals surface area contributed by atoms with Crippen molar-refractivity contribution in [1.29, 1.82) is 0 Å². The Bertz CT molecular complexity index is 1030. The van der Waals surface area contributed by atoms with E-state index in [4.69, 9.17) is 0 Å². The molecule has 1 aliphatic rings. The molecule has 0 saturated heterocycles. The van der Waals surface area contributed by atoms with Crippen molar-refractivity contribution in [3.63, 3.8) is 0 Å². The molecule has 0 aliphatic carbocycles. The van der Waals surface area contributed by atoms with E-state index in [0.717, 1.165) is 25.1 Å². The number of nitrogens with zero attached hydrogens (tertiary/aromatic N) is 3. The van der Waals surface area contributed by atoms with Gasteiger partial charge in [0.25, 0.3) is 0 Å². The highest BCUT2D eigenvalue weighted by atomic mass is 32.2. The number of carbonyl (C=O) groups excluding carboxylic acids is 1. The molecule has 2 aromatic rings. The first-order valence-corrected chi connectivity index (χ1v) is 13.3. The van der Waals surface area contributed by atoms with Gasteiger partial charge >= 0.3 is 5.69 Å². The van der Waals surface area contributed by atoms with Crippen molar-refractivity contribution in [1.82, 2.24) is 24.4 Å². The van der Waals surface area contributed by atoms with Crippen LogP contribution in [-0.2, 0) is 34.3 Å². The van der Waals surface area contributed by atoms with Crippen LogP contribution in [0.4, 0.5) is 0 Å². The third-order valence-corrected chi connectivity index (χ3v) is 7.29. The summed E-state index contributed by atoms with van der Waals surface area (Å²) in [6.45, 7) is 1.45. The number of rotatable bonds is 11. The minimum atomic E-state index is -3.79. The molecule has 1 atom stereocenters. The summed E-state index contributed by atoms with van der Waals surface area (Å²) >= 11 is 1.55. The largest absolute Gasteiger partial charge is 0.355 e. The average Bonchev–Trinajstić information content (AvgIpc) is 3.10. The number of amides is 1. The van der Waals surface area contributed by atoms with Gasteiger partial charge in [-0.1, -0.05) is 18.2 Å². The predicted molar refractivity (Wildman–Crippen MR) is 121 cm³/mol. The SMILES string of the molecule is CSCCC(NS(=O)(=O)c1ccccc1)C(=O)NCCCn1nc2n(c1=O)CCCC2. The number of hydrogen-bond acceptors (Lipinski definition) is 6. The van der Waals surface area contributed by atoms with E-state index in [1.807, 2.05) is 6.26 Å². The molecule has 0 bridgehead atoms. The first-order valence-electron chi connectivity index (χ1n) is 10.4. The molecular formula is C20H29N5O4S2. The van der Waals surface area contributed by atoms with Crippen molar-refractivity contribution >= 4 is 27.7 Å². The van der Waals surface area contributed by atoms with Crippen molar-refractivity contribution in [3.05, 3.63) is 46.6 Å². The highest BCUT2D eigenvalue weighted by Crippen LogP contribution is 2.11. The number of aromatic nitrogens is 3. The molecule has 9 nitrogen and oxygen atoms in total. The van der Waals surface area contributed by atoms with Crippen LogP contribution in [-0.4, -0.2) is 53.3 Å². The standard InChI is InChI=1S/C20H29N5O4S2/c1-30-15-11-17(23-31(28,29)16-8-3-2-4-9-16)19(26)21-12-7-14-25-20(27)24-13-6-5-10-18(24)22-25/h2-4,8-9,17,23H,5-7,10-15H2,1H3,(H,21,26). The zero-order chi connectivity index (χ0) is 22.3. The number of sulfonamides is 1. The summed E-state index contributed by atoms with van der Waals surface area (Å²) < 4.78 is 30.9. The molecule has 1 aromatic carbocycles. The Kier molecular flexibility index (Phi) is 8.33. The quantitative estimate of drug-likeness (QED) is 0.476. The molecule has 1 amide bonds. The maximum Gasteiger partial charge on any atom is 0.345 e. The lowest BCUT2D eigenvalue weighted by molar-refractivity contribution is -0.122. The third kappa shape index (κ3) is 6.20. The van der Waals surface area contributed by atoms with Gasteiger partial charge in [0.1, 0.15) is 11.9 Å². The fourth-order valence-corrected chi connectivity index (χ4v) is 5.21. The Morgan fingerprint density at radius 2 is 2.03 bits per heavy atom. The van der Waals surface area contributed by atoms with E-state index in [0.29, 0.717) is 38.2 Å². The molecule has 0 radical (unpaired) electrons. The second kappa shape index (κ2) is 11.0. The number of nitrogens with one attached hydrogen (secondary N) is 2. The molecule has 0 spiro atoms. The highest BCUT2D eigenvalue weighted by molar-refractivity contribution is 7.98. The van der Waals surface area contributed by atoms with Crippen LogP contribution in [0.3, 0.4) is 0 Å². The van der Waals surface area contributed by atoms with Crippen LogP contribution in [0.15, 0.2) is 40.0 Å². The molecule has 1 aliphatic heterocycles. The molecule has 2 heterocycles. The highest BCUT2D eigenvalue weighted by Gasteiger charge is 2.25. The Morgan fingerprint density at radius 1 is 1.26 bits per heavy atom. The van der Waals surface area contributed by atoms with E-state index >= 15 is 0 Å². The summed E-state index contributed by atoms with van der Waals surface area (Å²) in [7, 11) is -3.79. The van der Waals surface area contributed by atoms with Crippen molar-refractivity contribution in [3.8, 4) is 0 Å². The number of carbonyl (C=O) groups is 1. The average molecular weight is 468 g/mol. The van der Waals surface area contributed by atoms with Crippen LogP contribution in [0.1, 0.15) is 31.5 Å². The van der Waals surface area contributed by atoms with Crippen LogP contribution in [0.5, 0.6) is 0 Å². The van der Waals surface area contributed by atoms with Crippen LogP contribution < -0.4 is 15.7 Å². The summed E-state index contributed by atoms with van der Waals surface area (Å²) in [5.41, 5.74) is -0.102. The molecule has 170 valence electrons. The molecule has 0 saturated carbocycles. The van der Waals surface area contributed by atoms with Crippen molar-refractivity contribution in [2.45, 2.75) is 56.1 Å². The number of aryl methyl sites for hydroxylation is 2. The van der Waals surface area contributed by atoms with Gasteiger partial charge < -0.3 is 5.32 Å². The van der Waals surface area contributed by atoms with E-state index in [1.165, 1.54) is 16.8 Å². The second-order valence-electron chi connectivity index (χ2n) is 7.44. The van der Waals surface area contributed by atoms with Crippen LogP contribution in [0, 0.1) is 0 Å². The Labute approximate surface area is 186 Å². The van der Waals surface area contributed by atoms with Gasteiger partial charge in [-0.15, -0.1) is 0 Å². The summed E-state index contributed by atoms with van der Waals surface area (Å²) in [4.78, 5) is 25.1. The monoisotopic (exact) mass is 467 g/mol. The van der Waals surface area contributed by atoms with E-state index < -0.39 is 16.1 Å². The summed E-state index contributed by atoms with van der Waals surface area (Å²) in [5, 5.41) is 7.18. The van der Waals surface area contributed by atoms with Crippen molar-refractivity contribution in [2.24, 2.45) is 0 Å². The van der Waals surface area contributed by atoms with Gasteiger partial charge in [0, 0.05) is 26.1 Å². The van der Waals surface area contributed by atoms with Crippen molar-refractivity contribution < 1.29 is 13.2 Å². The number of thioether (sulfide) groups is 1. The molecule has 1 unspecified atom stereocenters. The van der Waals surface area contributed by atoms with Crippen molar-refractivity contribution in [2.75, 3.05) is 18.6 Å². The number of hydrogen-bond donors (Lipinski definition) is 2. The lowest BCUT2D eigenvalue weighted by atomic mass is 10.2. The van der Waals surface area contributed by atoms with Gasteiger partial charge in [0.05, 0.1) is 4.90 Å². The summed E-state index contributed by atoms with van der Waals surface area (Å²) in [6, 6.07) is 7.14. The molecule has 31 heavy (non-hydrogen) atoms. The van der Waals surface area contributed by atoms with E-state index in [2.05, 4.69) is 15.1 Å². The lowest BCUT2D eigenvalue weighted by Gasteiger charge is -2.18. The summed E-state index contributed by atoms with van der Waals surface area (Å²) in [6.07, 6.45) is 5.67. The van der Waals surface area contributed by atoms with Gasteiger partial charge in [-0.2, -0.15) is 21.6 Å². The Balaban J connectivity index is 1.55. The first-order chi connectivity index (χ1) is 14.9. The minimum absolute atomic E-state index is 0.102. The Morgan fingerprint density at radius 3 is 2.74 bits per heavy atom. The maximum absolute atomic E-state index is 12.7. The smallest absolute Gasteiger partial charge is 0.345 e. The second-order valence-corrected chi connectivity index (χ2v) is 10.1. The zero-order valence-electron chi connectivity index (χ0n) is 17.6. The fraction of sp³-hybridized carbons (Fsp3) is 0.550. The zero-order valence-corrected chi connectivity index (χ0v) is 19.3. The van der Waals surface area contributed by atoms with Crippen LogP contribution >= 0.6 is 11.8 Å². The molecule has 0 fully saturated rings. The maximum atomic E-state index is 12.7. The number of benzene rings is 1. The van der Waals surface area contributed by atoms with Gasteiger partial charge in [-0.3, -0.25) is 9.36 Å². The van der Waals surface area contributed by atoms with E-state index in [9.17, 15) is 18.0 Å². The van der Waals surface area contributed by atoms with Crippen LogP contribution in [0.2, 0.25) is 0 Å². The molecule has 3 rings (SSSR count). The van der Waals surface area contributed by atoms with Gasteiger partial charge in [0.15, 0.2) is 0 Å². The van der Waals surface area contributed by atoms with Gasteiger partial charge in [-0.25, -0.2) is 17.9 Å². The minimum Gasteiger partial charge on any atom is -0.355 e. The molecule has 11 heteroatoms. The molecule has 2 N–H and O–H groups in total. The normalized spacial score (nSPS) is 14.7. The molecule has 1 aromatic heterocycles. The van der Waals surface area contributed by atoms with E-state index in [-0.39, 0.29) is 16.5 Å². The fourth-order valence-electron chi connectivity index (χ4n) is 3.49. The first kappa shape index (κ1) is 23.6. The Hall–Kier alpha value is -2.11. The summed E-state index contributed by atoms with van der Waals surface area (Å²) in [5.74, 6) is 1.10. The molecular weight excluding hydrogens is 438 g/mol. The van der Waals surface area contributed by atoms with Gasteiger partial charge in [-0.05, 0) is 49.8 Å². The van der Waals surface area contributed by atoms with Gasteiger partial charge in [0.2, 0.25) is 15.9 Å². The number of fused-ring (bicyclic) bond motifs is 1. The predicted octanol–water partition coefficient (Wildman–Crippen LogP) is 0.988. The van der Waals surface area contributed by atoms with Crippen LogP contribution in [0.25, 0.3) is 0 Å².